The summed E-state index contributed by atoms with van der Waals surface area (Å²) in [6.07, 6.45) is 0. The van der Waals surface area contributed by atoms with Crippen LogP contribution in [0, 0.1) is 11.3 Å². The summed E-state index contributed by atoms with van der Waals surface area (Å²) < 4.78 is 27.6. The number of rotatable bonds is 6. The first kappa shape index (κ1) is 21.6. The van der Waals surface area contributed by atoms with Gasteiger partial charge in [-0.25, -0.2) is 13.1 Å². The molecule has 1 amide bonds. The molecule has 0 aromatic heterocycles. The van der Waals surface area contributed by atoms with Gasteiger partial charge in [-0.05, 0) is 35.2 Å². The number of nitrogens with zero attached hydrogens (tertiary/aromatic N) is 2. The van der Waals surface area contributed by atoms with Crippen molar-refractivity contribution in [2.45, 2.75) is 38.0 Å². The maximum Gasteiger partial charge on any atom is 0.240 e. The third-order valence-corrected chi connectivity index (χ3v) is 5.83. The molecule has 2 rings (SSSR count). The molecule has 0 fully saturated rings. The van der Waals surface area contributed by atoms with Crippen LogP contribution in [0.25, 0.3) is 0 Å². The Morgan fingerprint density at radius 3 is 2.25 bits per heavy atom. The Morgan fingerprint density at radius 1 is 1.11 bits per heavy atom. The monoisotopic (exact) mass is 399 g/mol. The molecule has 0 saturated carbocycles. The van der Waals surface area contributed by atoms with Crippen molar-refractivity contribution in [1.29, 1.82) is 5.26 Å². The molecule has 2 aromatic rings. The predicted molar refractivity (Wildman–Crippen MR) is 110 cm³/mol. The molecule has 2 aromatic carbocycles. The smallest absolute Gasteiger partial charge is 0.240 e. The van der Waals surface area contributed by atoms with Gasteiger partial charge in [0.1, 0.15) is 6.07 Å². The van der Waals surface area contributed by atoms with Crippen molar-refractivity contribution < 1.29 is 13.2 Å². The summed E-state index contributed by atoms with van der Waals surface area (Å²) >= 11 is 0. The van der Waals surface area contributed by atoms with Crippen LogP contribution >= 0.6 is 0 Å². The molecule has 0 aliphatic heterocycles. The highest BCUT2D eigenvalue weighted by Gasteiger charge is 2.19. The molecule has 0 heterocycles. The van der Waals surface area contributed by atoms with Gasteiger partial charge in [0.05, 0.1) is 16.1 Å². The number of benzene rings is 2. The number of amides is 1. The number of hydrogen-bond donors (Lipinski definition) is 1. The summed E-state index contributed by atoms with van der Waals surface area (Å²) in [5.41, 5.74) is 1.80. The maximum absolute atomic E-state index is 12.5. The Hall–Kier alpha value is -2.69. The van der Waals surface area contributed by atoms with Crippen LogP contribution in [0.4, 0.5) is 5.69 Å². The van der Waals surface area contributed by atoms with E-state index < -0.39 is 10.0 Å². The molecule has 0 bridgehead atoms. The van der Waals surface area contributed by atoms with Crippen molar-refractivity contribution in [3.63, 3.8) is 0 Å². The zero-order chi connectivity index (χ0) is 20.9. The molecule has 0 aliphatic carbocycles. The normalized spacial score (nSPS) is 11.7. The second kappa shape index (κ2) is 8.55. The highest BCUT2D eigenvalue weighted by atomic mass is 32.2. The molecule has 0 saturated heterocycles. The number of carbonyl (C=O) groups is 1. The van der Waals surface area contributed by atoms with Gasteiger partial charge in [0, 0.05) is 20.0 Å². The molecule has 0 radical (unpaired) electrons. The number of para-hydroxylation sites is 1. The average Bonchev–Trinajstić information content (AvgIpc) is 2.64. The molecule has 0 atom stereocenters. The molecule has 1 N–H and O–H groups in total. The van der Waals surface area contributed by atoms with Gasteiger partial charge < -0.3 is 4.90 Å². The zero-order valence-corrected chi connectivity index (χ0v) is 17.4. The van der Waals surface area contributed by atoms with Crippen LogP contribution in [-0.2, 0) is 20.2 Å². The van der Waals surface area contributed by atoms with E-state index in [0.717, 1.165) is 5.56 Å². The van der Waals surface area contributed by atoms with E-state index in [1.807, 2.05) is 6.07 Å². The lowest BCUT2D eigenvalue weighted by Gasteiger charge is -2.22. The van der Waals surface area contributed by atoms with Crippen LogP contribution < -0.4 is 9.62 Å². The number of nitriles is 1. The zero-order valence-electron chi connectivity index (χ0n) is 16.6. The molecule has 0 aliphatic rings. The number of anilines is 1. The summed E-state index contributed by atoms with van der Waals surface area (Å²) in [6.45, 7) is 7.71. The first-order valence-electron chi connectivity index (χ1n) is 8.94. The number of nitrogens with one attached hydrogen (secondary N) is 1. The van der Waals surface area contributed by atoms with Crippen molar-refractivity contribution >= 4 is 21.6 Å². The molecule has 148 valence electrons. The Morgan fingerprint density at radius 2 is 1.71 bits per heavy atom. The highest BCUT2D eigenvalue weighted by Crippen LogP contribution is 2.23. The summed E-state index contributed by atoms with van der Waals surface area (Å²) in [7, 11) is -3.69. The third kappa shape index (κ3) is 5.18. The van der Waals surface area contributed by atoms with E-state index in [2.05, 4.69) is 25.5 Å². The molecular formula is C21H25N3O3S. The van der Waals surface area contributed by atoms with E-state index in [-0.39, 0.29) is 29.3 Å². The molecule has 6 nitrogen and oxygen atoms in total. The van der Waals surface area contributed by atoms with Gasteiger partial charge in [0.15, 0.2) is 0 Å². The summed E-state index contributed by atoms with van der Waals surface area (Å²) in [5, 5.41) is 9.23. The van der Waals surface area contributed by atoms with Gasteiger partial charge in [0.2, 0.25) is 15.9 Å². The minimum absolute atomic E-state index is 0.0305. The summed E-state index contributed by atoms with van der Waals surface area (Å²) in [6, 6.07) is 15.5. The SMILES string of the molecule is CC(=O)N(CCNS(=O)(=O)c1ccc(C(C)(C)C)cc1)c1ccccc1C#N. The average molecular weight is 400 g/mol. The Kier molecular flexibility index (Phi) is 6.60. The van der Waals surface area contributed by atoms with Crippen LogP contribution in [0.1, 0.15) is 38.8 Å². The van der Waals surface area contributed by atoms with Crippen molar-refractivity contribution in [3.8, 4) is 6.07 Å². The van der Waals surface area contributed by atoms with Crippen LogP contribution in [0.5, 0.6) is 0 Å². The van der Waals surface area contributed by atoms with E-state index in [1.54, 1.807) is 48.5 Å². The Balaban J connectivity index is 2.11. The number of carbonyl (C=O) groups excluding carboxylic acids is 1. The second-order valence-electron chi connectivity index (χ2n) is 7.47. The standard InChI is InChI=1S/C21H25N3O3S/c1-16(25)24(20-8-6-5-7-17(20)15-22)14-13-23-28(26,27)19-11-9-18(10-12-19)21(2,3)4/h5-12,23H,13-14H2,1-4H3. The minimum Gasteiger partial charge on any atom is -0.310 e. The van der Waals surface area contributed by atoms with Crippen LogP contribution in [0.3, 0.4) is 0 Å². The van der Waals surface area contributed by atoms with Crippen LogP contribution in [0.15, 0.2) is 53.4 Å². The van der Waals surface area contributed by atoms with Crippen molar-refractivity contribution in [3.05, 3.63) is 59.7 Å². The Labute approximate surface area is 166 Å². The quantitative estimate of drug-likeness (QED) is 0.808. The minimum atomic E-state index is -3.69. The maximum atomic E-state index is 12.5. The van der Waals surface area contributed by atoms with E-state index in [1.165, 1.54) is 11.8 Å². The van der Waals surface area contributed by atoms with Crippen LogP contribution in [0.2, 0.25) is 0 Å². The summed E-state index contributed by atoms with van der Waals surface area (Å²) in [4.78, 5) is 13.6. The molecule has 0 spiro atoms. The third-order valence-electron chi connectivity index (χ3n) is 4.35. The largest absolute Gasteiger partial charge is 0.310 e. The van der Waals surface area contributed by atoms with Crippen molar-refractivity contribution in [1.82, 2.24) is 4.72 Å². The molecule has 0 unspecified atom stereocenters. The van der Waals surface area contributed by atoms with E-state index in [4.69, 9.17) is 0 Å². The van der Waals surface area contributed by atoms with Gasteiger partial charge in [-0.2, -0.15) is 5.26 Å². The first-order chi connectivity index (χ1) is 13.1. The molecule has 28 heavy (non-hydrogen) atoms. The molecule has 7 heteroatoms. The van der Waals surface area contributed by atoms with E-state index in [9.17, 15) is 18.5 Å². The lowest BCUT2D eigenvalue weighted by Crippen LogP contribution is -2.38. The summed E-state index contributed by atoms with van der Waals surface area (Å²) in [5.74, 6) is -0.267. The van der Waals surface area contributed by atoms with Crippen LogP contribution in [-0.4, -0.2) is 27.4 Å². The van der Waals surface area contributed by atoms with Gasteiger partial charge in [-0.1, -0.05) is 45.0 Å². The van der Waals surface area contributed by atoms with Gasteiger partial charge in [-0.15, -0.1) is 0 Å². The van der Waals surface area contributed by atoms with E-state index in [0.29, 0.717) is 11.3 Å². The topological polar surface area (TPSA) is 90.3 Å². The lowest BCUT2D eigenvalue weighted by atomic mass is 9.87. The fourth-order valence-corrected chi connectivity index (χ4v) is 3.78. The van der Waals surface area contributed by atoms with Crippen molar-refractivity contribution in [2.75, 3.05) is 18.0 Å². The number of sulfonamides is 1. The van der Waals surface area contributed by atoms with Gasteiger partial charge >= 0.3 is 0 Å². The van der Waals surface area contributed by atoms with E-state index >= 15 is 0 Å². The second-order valence-corrected chi connectivity index (χ2v) is 9.24. The fraction of sp³-hybridized carbons (Fsp3) is 0.333. The lowest BCUT2D eigenvalue weighted by molar-refractivity contribution is -0.116. The first-order valence-corrected chi connectivity index (χ1v) is 10.4. The van der Waals surface area contributed by atoms with Crippen molar-refractivity contribution in [2.24, 2.45) is 0 Å². The number of hydrogen-bond acceptors (Lipinski definition) is 4. The highest BCUT2D eigenvalue weighted by molar-refractivity contribution is 7.89. The van der Waals surface area contributed by atoms with Gasteiger partial charge in [-0.3, -0.25) is 4.79 Å². The fourth-order valence-electron chi connectivity index (χ4n) is 2.76. The van der Waals surface area contributed by atoms with Gasteiger partial charge in [0.25, 0.3) is 0 Å². The molecular weight excluding hydrogens is 374 g/mol. The predicted octanol–water partition coefficient (Wildman–Crippen LogP) is 3.19. The Bertz CT molecular complexity index is 985.